The quantitative estimate of drug-likeness (QED) is 0.540. The van der Waals surface area contributed by atoms with Gasteiger partial charge in [-0.3, -0.25) is 0 Å². The van der Waals surface area contributed by atoms with Gasteiger partial charge in [-0.15, -0.1) is 11.3 Å². The third-order valence-electron chi connectivity index (χ3n) is 2.95. The summed E-state index contributed by atoms with van der Waals surface area (Å²) in [5, 5.41) is 5.10. The number of hydrogen-bond donors (Lipinski definition) is 1. The van der Waals surface area contributed by atoms with Crippen LogP contribution in [0.3, 0.4) is 0 Å². The predicted molar refractivity (Wildman–Crippen MR) is 94.2 cm³/mol. The number of thiophene rings is 1. The van der Waals surface area contributed by atoms with Crippen LogP contribution in [0.25, 0.3) is 10.2 Å². The molecule has 0 aliphatic rings. The van der Waals surface area contributed by atoms with Gasteiger partial charge in [-0.05, 0) is 58.2 Å². The molecule has 0 amide bonds. The van der Waals surface area contributed by atoms with Crippen LogP contribution in [0.15, 0.2) is 28.7 Å². The molecule has 7 heteroatoms. The zero-order valence-electron chi connectivity index (χ0n) is 11.0. The zero-order valence-corrected chi connectivity index (χ0v) is 14.9. The SMILES string of the molecule is CCc1cc2c(Nc3ccc(Br)c(Cl)c3)nc(Cl)nc2s1. The summed E-state index contributed by atoms with van der Waals surface area (Å²) in [7, 11) is 0. The van der Waals surface area contributed by atoms with Crippen molar-refractivity contribution >= 4 is 72.2 Å². The largest absolute Gasteiger partial charge is 0.339 e. The lowest BCUT2D eigenvalue weighted by Crippen LogP contribution is -1.96. The van der Waals surface area contributed by atoms with Gasteiger partial charge in [-0.2, -0.15) is 4.98 Å². The van der Waals surface area contributed by atoms with Crippen molar-refractivity contribution in [2.24, 2.45) is 0 Å². The molecule has 0 atom stereocenters. The minimum Gasteiger partial charge on any atom is -0.339 e. The van der Waals surface area contributed by atoms with E-state index in [-0.39, 0.29) is 5.28 Å². The van der Waals surface area contributed by atoms with Crippen molar-refractivity contribution in [2.45, 2.75) is 13.3 Å². The number of aromatic nitrogens is 2. The van der Waals surface area contributed by atoms with Gasteiger partial charge < -0.3 is 5.32 Å². The Morgan fingerprint density at radius 1 is 1.24 bits per heavy atom. The zero-order chi connectivity index (χ0) is 15.0. The van der Waals surface area contributed by atoms with Crippen molar-refractivity contribution in [3.63, 3.8) is 0 Å². The van der Waals surface area contributed by atoms with Crippen molar-refractivity contribution < 1.29 is 0 Å². The van der Waals surface area contributed by atoms with E-state index in [1.165, 1.54) is 4.88 Å². The van der Waals surface area contributed by atoms with E-state index >= 15 is 0 Å². The number of nitrogens with one attached hydrogen (secondary N) is 1. The first-order chi connectivity index (χ1) is 10.1. The van der Waals surface area contributed by atoms with E-state index in [4.69, 9.17) is 23.2 Å². The summed E-state index contributed by atoms with van der Waals surface area (Å²) >= 11 is 17.1. The molecule has 0 aliphatic heterocycles. The van der Waals surface area contributed by atoms with Gasteiger partial charge in [-0.25, -0.2) is 4.98 Å². The number of anilines is 2. The summed E-state index contributed by atoms with van der Waals surface area (Å²) in [4.78, 5) is 10.7. The average Bonchev–Trinajstić information content (AvgIpc) is 2.86. The van der Waals surface area contributed by atoms with E-state index in [0.29, 0.717) is 10.8 Å². The Morgan fingerprint density at radius 2 is 2.05 bits per heavy atom. The molecule has 1 N–H and O–H groups in total. The van der Waals surface area contributed by atoms with E-state index in [0.717, 1.165) is 26.8 Å². The van der Waals surface area contributed by atoms with Gasteiger partial charge in [0.15, 0.2) is 0 Å². The van der Waals surface area contributed by atoms with Gasteiger partial charge in [0, 0.05) is 15.0 Å². The maximum absolute atomic E-state index is 6.11. The molecule has 0 aliphatic carbocycles. The second-order valence-corrected chi connectivity index (χ2v) is 7.10. The molecule has 0 bridgehead atoms. The van der Waals surface area contributed by atoms with Gasteiger partial charge in [0.25, 0.3) is 0 Å². The second-order valence-electron chi connectivity index (χ2n) is 4.38. The van der Waals surface area contributed by atoms with Gasteiger partial charge in [0.2, 0.25) is 5.28 Å². The standard InChI is InChI=1S/C14H10BrCl2N3S/c1-2-8-6-9-12(19-14(17)20-13(9)21-8)18-7-3-4-10(15)11(16)5-7/h3-6H,2H2,1H3,(H,18,19,20). The lowest BCUT2D eigenvalue weighted by molar-refractivity contribution is 1.19. The highest BCUT2D eigenvalue weighted by Gasteiger charge is 2.11. The number of hydrogen-bond acceptors (Lipinski definition) is 4. The fraction of sp³-hybridized carbons (Fsp3) is 0.143. The minimum atomic E-state index is 0.234. The van der Waals surface area contributed by atoms with Crippen LogP contribution in [0.2, 0.25) is 10.3 Å². The lowest BCUT2D eigenvalue weighted by Gasteiger charge is -2.08. The van der Waals surface area contributed by atoms with Crippen LogP contribution >= 0.6 is 50.5 Å². The van der Waals surface area contributed by atoms with Crippen LogP contribution in [0.1, 0.15) is 11.8 Å². The van der Waals surface area contributed by atoms with Crippen molar-refractivity contribution in [3.8, 4) is 0 Å². The van der Waals surface area contributed by atoms with E-state index < -0.39 is 0 Å². The molecule has 0 unspecified atom stereocenters. The van der Waals surface area contributed by atoms with E-state index in [9.17, 15) is 0 Å². The highest BCUT2D eigenvalue weighted by Crippen LogP contribution is 2.33. The molecule has 3 nitrogen and oxygen atoms in total. The predicted octanol–water partition coefficient (Wildman–Crippen LogP) is 6.07. The molecule has 2 heterocycles. The van der Waals surface area contributed by atoms with Crippen molar-refractivity contribution in [1.82, 2.24) is 9.97 Å². The highest BCUT2D eigenvalue weighted by molar-refractivity contribution is 9.10. The van der Waals surface area contributed by atoms with Crippen LogP contribution in [-0.2, 0) is 6.42 Å². The number of aryl methyl sites for hydroxylation is 1. The molecule has 2 aromatic heterocycles. The first-order valence-corrected chi connectivity index (χ1v) is 8.61. The number of nitrogens with zero attached hydrogens (tertiary/aromatic N) is 2. The monoisotopic (exact) mass is 401 g/mol. The Labute approximate surface area is 144 Å². The first kappa shape index (κ1) is 15.0. The molecule has 0 spiro atoms. The van der Waals surface area contributed by atoms with Gasteiger partial charge in [-0.1, -0.05) is 18.5 Å². The van der Waals surface area contributed by atoms with Crippen LogP contribution in [0.5, 0.6) is 0 Å². The molecule has 21 heavy (non-hydrogen) atoms. The number of benzene rings is 1. The minimum absolute atomic E-state index is 0.234. The van der Waals surface area contributed by atoms with Crippen LogP contribution in [0, 0.1) is 0 Å². The molecule has 3 aromatic rings. The molecular weight excluding hydrogens is 393 g/mol. The molecule has 3 rings (SSSR count). The Hall–Kier alpha value is -0.880. The molecule has 0 radical (unpaired) electrons. The Balaban J connectivity index is 2.06. The topological polar surface area (TPSA) is 37.8 Å². The Kier molecular flexibility index (Phi) is 4.36. The van der Waals surface area contributed by atoms with Crippen LogP contribution in [0.4, 0.5) is 11.5 Å². The highest BCUT2D eigenvalue weighted by atomic mass is 79.9. The molecule has 0 saturated heterocycles. The summed E-state index contributed by atoms with van der Waals surface area (Å²) in [6, 6.07) is 7.74. The Morgan fingerprint density at radius 3 is 2.76 bits per heavy atom. The number of halogens is 3. The molecule has 108 valence electrons. The third kappa shape index (κ3) is 3.16. The van der Waals surface area contributed by atoms with Crippen molar-refractivity contribution in [3.05, 3.63) is 43.9 Å². The summed E-state index contributed by atoms with van der Waals surface area (Å²) in [6.07, 6.45) is 0.961. The summed E-state index contributed by atoms with van der Waals surface area (Å²) < 4.78 is 0.851. The van der Waals surface area contributed by atoms with Crippen LogP contribution < -0.4 is 5.32 Å². The Bertz CT molecular complexity index is 819. The summed E-state index contributed by atoms with van der Waals surface area (Å²) in [5.41, 5.74) is 0.850. The van der Waals surface area contributed by atoms with Gasteiger partial charge >= 0.3 is 0 Å². The smallest absolute Gasteiger partial charge is 0.225 e. The normalized spacial score (nSPS) is 11.0. The summed E-state index contributed by atoms with van der Waals surface area (Å²) in [6.45, 7) is 2.11. The third-order valence-corrected chi connectivity index (χ3v) is 5.52. The van der Waals surface area contributed by atoms with Gasteiger partial charge in [0.05, 0.1) is 10.4 Å². The lowest BCUT2D eigenvalue weighted by atomic mass is 10.3. The molecule has 0 fully saturated rings. The van der Waals surface area contributed by atoms with E-state index in [1.54, 1.807) is 11.3 Å². The maximum Gasteiger partial charge on any atom is 0.225 e. The fourth-order valence-electron chi connectivity index (χ4n) is 1.93. The van der Waals surface area contributed by atoms with E-state index in [1.807, 2.05) is 18.2 Å². The summed E-state index contributed by atoms with van der Waals surface area (Å²) in [5.74, 6) is 0.694. The fourth-order valence-corrected chi connectivity index (χ4v) is 3.54. The first-order valence-electron chi connectivity index (χ1n) is 6.25. The number of rotatable bonds is 3. The van der Waals surface area contributed by atoms with Crippen molar-refractivity contribution in [2.75, 3.05) is 5.32 Å². The second kappa shape index (κ2) is 6.08. The number of fused-ring (bicyclic) bond motifs is 1. The molecule has 0 saturated carbocycles. The maximum atomic E-state index is 6.11. The van der Waals surface area contributed by atoms with Crippen molar-refractivity contribution in [1.29, 1.82) is 0 Å². The molecule has 1 aromatic carbocycles. The van der Waals surface area contributed by atoms with Crippen LogP contribution in [-0.4, -0.2) is 9.97 Å². The average molecular weight is 403 g/mol. The van der Waals surface area contributed by atoms with Gasteiger partial charge in [0.1, 0.15) is 10.6 Å². The molecular formula is C14H10BrCl2N3S. The van der Waals surface area contributed by atoms with E-state index in [2.05, 4.69) is 44.2 Å².